The molecule has 1 aromatic carbocycles. The first-order valence-electron chi connectivity index (χ1n) is 9.52. The van der Waals surface area contributed by atoms with Crippen LogP contribution in [0.15, 0.2) is 24.3 Å². The largest absolute Gasteiger partial charge is 0.493 e. The Morgan fingerprint density at radius 2 is 1.72 bits per heavy atom. The maximum absolute atomic E-state index is 12.2. The summed E-state index contributed by atoms with van der Waals surface area (Å²) in [6.07, 6.45) is 0. The molecule has 32 heavy (non-hydrogen) atoms. The predicted octanol–water partition coefficient (Wildman–Crippen LogP) is 2.16. The fraction of sp³-hybridized carbons (Fsp3) is 0.333. The maximum Gasteiger partial charge on any atom is 0.348 e. The molecule has 0 radical (unpaired) electrons. The highest BCUT2D eigenvalue weighted by molar-refractivity contribution is 7.18. The van der Waals surface area contributed by atoms with Crippen molar-refractivity contribution in [2.45, 2.75) is 13.8 Å². The second kappa shape index (κ2) is 11.7. The van der Waals surface area contributed by atoms with Crippen LogP contribution in [0.25, 0.3) is 0 Å². The number of thiophene rings is 1. The molecular weight excluding hydrogens is 440 g/mol. The van der Waals surface area contributed by atoms with Crippen LogP contribution in [0, 0.1) is 6.92 Å². The van der Waals surface area contributed by atoms with E-state index in [-0.39, 0.29) is 12.2 Å². The molecule has 0 aliphatic carbocycles. The van der Waals surface area contributed by atoms with Crippen LogP contribution < -0.4 is 20.1 Å². The summed E-state index contributed by atoms with van der Waals surface area (Å²) in [6, 6.07) is 6.18. The van der Waals surface area contributed by atoms with Crippen molar-refractivity contribution in [3.8, 4) is 11.5 Å². The van der Waals surface area contributed by atoms with Crippen LogP contribution in [0.5, 0.6) is 11.5 Å². The smallest absolute Gasteiger partial charge is 0.348 e. The van der Waals surface area contributed by atoms with E-state index in [1.54, 1.807) is 26.0 Å². The molecule has 0 unspecified atom stereocenters. The summed E-state index contributed by atoms with van der Waals surface area (Å²) in [7, 11) is 2.92. The third kappa shape index (κ3) is 6.71. The highest BCUT2D eigenvalue weighted by atomic mass is 32.1. The molecule has 0 spiro atoms. The Labute approximate surface area is 188 Å². The van der Waals surface area contributed by atoms with E-state index in [1.165, 1.54) is 26.4 Å². The molecule has 0 bridgehead atoms. The van der Waals surface area contributed by atoms with Crippen molar-refractivity contribution in [1.82, 2.24) is 5.32 Å². The minimum absolute atomic E-state index is 0.246. The first kappa shape index (κ1) is 24.7. The quantitative estimate of drug-likeness (QED) is 0.512. The number of hydrogen-bond acceptors (Lipinski definition) is 9. The summed E-state index contributed by atoms with van der Waals surface area (Å²) in [4.78, 5) is 48.3. The molecule has 0 aliphatic heterocycles. The van der Waals surface area contributed by atoms with E-state index in [0.29, 0.717) is 26.9 Å². The van der Waals surface area contributed by atoms with Crippen molar-refractivity contribution in [3.05, 3.63) is 40.3 Å². The van der Waals surface area contributed by atoms with Crippen LogP contribution in [-0.2, 0) is 19.1 Å². The van der Waals surface area contributed by atoms with Gasteiger partial charge in [-0.3, -0.25) is 14.4 Å². The summed E-state index contributed by atoms with van der Waals surface area (Å²) in [6.45, 7) is 2.70. The molecule has 0 fully saturated rings. The summed E-state index contributed by atoms with van der Waals surface area (Å²) in [5.41, 5.74) is 0.928. The monoisotopic (exact) mass is 464 g/mol. The van der Waals surface area contributed by atoms with Crippen molar-refractivity contribution in [3.63, 3.8) is 0 Å². The molecular formula is C21H24N2O8S. The predicted molar refractivity (Wildman–Crippen MR) is 116 cm³/mol. The van der Waals surface area contributed by atoms with Gasteiger partial charge < -0.3 is 29.6 Å². The summed E-state index contributed by atoms with van der Waals surface area (Å²) < 4.78 is 20.1. The molecule has 1 heterocycles. The molecule has 2 aromatic rings. The number of methoxy groups -OCH3 is 2. The topological polar surface area (TPSA) is 129 Å². The van der Waals surface area contributed by atoms with Gasteiger partial charge in [0.1, 0.15) is 11.4 Å². The molecule has 172 valence electrons. The standard InChI is InChI=1S/C21H24N2O8S/c1-5-30-21(27)19-12(2)8-17(32-19)23-16(24)11-31-18(25)10-22-20(26)13-6-7-14(28-3)15(9-13)29-4/h6-9H,5,10-11H2,1-4H3,(H,22,26)(H,23,24). The van der Waals surface area contributed by atoms with E-state index in [9.17, 15) is 19.2 Å². The fourth-order valence-electron chi connectivity index (χ4n) is 2.55. The number of hydrogen-bond donors (Lipinski definition) is 2. The van der Waals surface area contributed by atoms with E-state index < -0.39 is 36.9 Å². The number of nitrogens with one attached hydrogen (secondary N) is 2. The van der Waals surface area contributed by atoms with Crippen LogP contribution in [0.3, 0.4) is 0 Å². The minimum atomic E-state index is -0.788. The Hall–Kier alpha value is -3.60. The van der Waals surface area contributed by atoms with Gasteiger partial charge in [0, 0.05) is 5.56 Å². The highest BCUT2D eigenvalue weighted by Gasteiger charge is 2.17. The molecule has 2 amide bonds. The third-order valence-corrected chi connectivity index (χ3v) is 5.18. The van der Waals surface area contributed by atoms with Crippen molar-refractivity contribution in [2.75, 3.05) is 39.3 Å². The molecule has 11 heteroatoms. The van der Waals surface area contributed by atoms with Gasteiger partial charge >= 0.3 is 11.9 Å². The summed E-state index contributed by atoms with van der Waals surface area (Å²) in [5, 5.41) is 5.38. The van der Waals surface area contributed by atoms with E-state index >= 15 is 0 Å². The SMILES string of the molecule is CCOC(=O)c1sc(NC(=O)COC(=O)CNC(=O)c2ccc(OC)c(OC)c2)cc1C. The Morgan fingerprint density at radius 3 is 2.38 bits per heavy atom. The Kier molecular flexibility index (Phi) is 9.02. The van der Waals surface area contributed by atoms with Gasteiger partial charge in [-0.25, -0.2) is 4.79 Å². The molecule has 2 rings (SSSR count). The molecule has 10 nitrogen and oxygen atoms in total. The maximum atomic E-state index is 12.2. The molecule has 2 N–H and O–H groups in total. The molecule has 0 aliphatic rings. The van der Waals surface area contributed by atoms with Crippen LogP contribution in [-0.4, -0.2) is 57.7 Å². The van der Waals surface area contributed by atoms with Gasteiger partial charge in [0.2, 0.25) is 0 Å². The number of carbonyl (C=O) groups is 4. The molecule has 1 aromatic heterocycles. The second-order valence-corrected chi connectivity index (χ2v) is 7.36. The number of ether oxygens (including phenoxy) is 4. The van der Waals surface area contributed by atoms with Gasteiger partial charge in [-0.2, -0.15) is 0 Å². The number of carbonyl (C=O) groups excluding carboxylic acids is 4. The number of rotatable bonds is 10. The van der Waals surface area contributed by atoms with Crippen molar-refractivity contribution >= 4 is 40.1 Å². The van der Waals surface area contributed by atoms with Gasteiger partial charge in [-0.1, -0.05) is 0 Å². The number of aryl methyl sites for hydroxylation is 1. The average Bonchev–Trinajstić information content (AvgIpc) is 3.15. The van der Waals surface area contributed by atoms with Crippen LogP contribution in [0.2, 0.25) is 0 Å². The Morgan fingerprint density at radius 1 is 1.00 bits per heavy atom. The lowest BCUT2D eigenvalue weighted by Crippen LogP contribution is -2.32. The van der Waals surface area contributed by atoms with Gasteiger partial charge in [0.05, 0.1) is 25.8 Å². The van der Waals surface area contributed by atoms with Gasteiger partial charge in [0.25, 0.3) is 11.8 Å². The van der Waals surface area contributed by atoms with E-state index in [4.69, 9.17) is 18.9 Å². The number of benzene rings is 1. The fourth-order valence-corrected chi connectivity index (χ4v) is 3.53. The van der Waals surface area contributed by atoms with Gasteiger partial charge in [-0.05, 0) is 43.7 Å². The lowest BCUT2D eigenvalue weighted by atomic mass is 10.2. The lowest BCUT2D eigenvalue weighted by Gasteiger charge is -2.10. The molecule has 0 atom stereocenters. The average molecular weight is 464 g/mol. The Balaban J connectivity index is 1.80. The third-order valence-electron chi connectivity index (χ3n) is 4.04. The second-order valence-electron chi connectivity index (χ2n) is 6.30. The molecule has 0 saturated heterocycles. The number of esters is 2. The first-order valence-corrected chi connectivity index (χ1v) is 10.3. The molecule has 0 saturated carbocycles. The zero-order valence-corrected chi connectivity index (χ0v) is 18.9. The number of amides is 2. The van der Waals surface area contributed by atoms with E-state index in [0.717, 1.165) is 11.3 Å². The first-order chi connectivity index (χ1) is 15.3. The normalized spacial score (nSPS) is 10.1. The van der Waals surface area contributed by atoms with Gasteiger partial charge in [0.15, 0.2) is 18.1 Å². The van der Waals surface area contributed by atoms with Crippen LogP contribution >= 0.6 is 11.3 Å². The summed E-state index contributed by atoms with van der Waals surface area (Å²) in [5.74, 6) is -1.52. The minimum Gasteiger partial charge on any atom is -0.493 e. The highest BCUT2D eigenvalue weighted by Crippen LogP contribution is 2.28. The lowest BCUT2D eigenvalue weighted by molar-refractivity contribution is -0.146. The Bertz CT molecular complexity index is 1000. The number of anilines is 1. The van der Waals surface area contributed by atoms with Crippen LogP contribution in [0.1, 0.15) is 32.5 Å². The zero-order valence-electron chi connectivity index (χ0n) is 18.1. The van der Waals surface area contributed by atoms with E-state index in [2.05, 4.69) is 10.6 Å². The van der Waals surface area contributed by atoms with E-state index in [1.807, 2.05) is 0 Å². The van der Waals surface area contributed by atoms with Crippen molar-refractivity contribution in [1.29, 1.82) is 0 Å². The van der Waals surface area contributed by atoms with Crippen molar-refractivity contribution in [2.24, 2.45) is 0 Å². The zero-order chi connectivity index (χ0) is 23.7. The van der Waals surface area contributed by atoms with Gasteiger partial charge in [-0.15, -0.1) is 11.3 Å². The summed E-state index contributed by atoms with van der Waals surface area (Å²) >= 11 is 1.06. The van der Waals surface area contributed by atoms with Crippen molar-refractivity contribution < 1.29 is 38.1 Å². The van der Waals surface area contributed by atoms with Crippen LogP contribution in [0.4, 0.5) is 5.00 Å².